The number of anilines is 1. The van der Waals surface area contributed by atoms with Gasteiger partial charge in [-0.05, 0) is 43.7 Å². The molecule has 0 aliphatic rings. The molecular weight excluding hydrogens is 402 g/mol. The molecular formula is C25H25N5O2. The second-order valence-corrected chi connectivity index (χ2v) is 8.07. The van der Waals surface area contributed by atoms with Crippen molar-refractivity contribution in [1.82, 2.24) is 19.7 Å². The molecule has 7 nitrogen and oxygen atoms in total. The van der Waals surface area contributed by atoms with Crippen LogP contribution >= 0.6 is 0 Å². The number of aromatic nitrogens is 3. The van der Waals surface area contributed by atoms with E-state index in [1.807, 2.05) is 6.92 Å². The van der Waals surface area contributed by atoms with Gasteiger partial charge in [-0.15, -0.1) is 0 Å². The van der Waals surface area contributed by atoms with Crippen LogP contribution in [-0.4, -0.2) is 45.6 Å². The monoisotopic (exact) mass is 427 g/mol. The zero-order chi connectivity index (χ0) is 22.8. The summed E-state index contributed by atoms with van der Waals surface area (Å²) in [5, 5.41) is 8.07. The highest BCUT2D eigenvalue weighted by atomic mass is 16.2. The van der Waals surface area contributed by atoms with Gasteiger partial charge < -0.3 is 10.2 Å². The van der Waals surface area contributed by atoms with Gasteiger partial charge in [0.2, 0.25) is 0 Å². The van der Waals surface area contributed by atoms with E-state index >= 15 is 0 Å². The molecule has 0 spiro atoms. The van der Waals surface area contributed by atoms with Crippen LogP contribution in [0.15, 0.2) is 60.8 Å². The maximum Gasteiger partial charge on any atom is 0.256 e. The quantitative estimate of drug-likeness (QED) is 0.521. The number of aryl methyl sites for hydroxylation is 2. The number of pyridine rings is 1. The van der Waals surface area contributed by atoms with Crippen LogP contribution in [0.3, 0.4) is 0 Å². The number of amides is 2. The second kappa shape index (κ2) is 8.63. The molecule has 4 aromatic rings. The van der Waals surface area contributed by atoms with Crippen molar-refractivity contribution < 1.29 is 9.59 Å². The third-order valence-corrected chi connectivity index (χ3v) is 5.21. The highest BCUT2D eigenvalue weighted by molar-refractivity contribution is 6.12. The number of rotatable bonds is 5. The number of hydrogen-bond acceptors (Lipinski definition) is 4. The largest absolute Gasteiger partial charge is 0.345 e. The van der Waals surface area contributed by atoms with E-state index in [2.05, 4.69) is 46.6 Å². The topological polar surface area (TPSA) is 80.1 Å². The molecule has 7 heteroatoms. The summed E-state index contributed by atoms with van der Waals surface area (Å²) in [6, 6.07) is 16.9. The molecule has 2 aromatic carbocycles. The molecule has 0 saturated carbocycles. The molecule has 2 heterocycles. The highest BCUT2D eigenvalue weighted by Crippen LogP contribution is 2.21. The Bertz CT molecular complexity index is 1310. The van der Waals surface area contributed by atoms with Gasteiger partial charge in [-0.2, -0.15) is 5.10 Å². The molecule has 2 aromatic heterocycles. The first kappa shape index (κ1) is 21.2. The molecule has 0 unspecified atom stereocenters. The van der Waals surface area contributed by atoms with Gasteiger partial charge in [0.25, 0.3) is 11.8 Å². The number of benzene rings is 2. The van der Waals surface area contributed by atoms with Gasteiger partial charge in [-0.3, -0.25) is 9.59 Å². The number of carbonyl (C=O) groups excluding carboxylic acids is 2. The lowest BCUT2D eigenvalue weighted by Gasteiger charge is -2.12. The van der Waals surface area contributed by atoms with E-state index in [0.29, 0.717) is 34.4 Å². The Balaban J connectivity index is 1.64. The Morgan fingerprint density at radius 3 is 2.50 bits per heavy atom. The Labute approximate surface area is 186 Å². The lowest BCUT2D eigenvalue weighted by atomic mass is 10.1. The lowest BCUT2D eigenvalue weighted by Crippen LogP contribution is -2.22. The van der Waals surface area contributed by atoms with E-state index in [1.54, 1.807) is 55.3 Å². The van der Waals surface area contributed by atoms with Gasteiger partial charge >= 0.3 is 0 Å². The third kappa shape index (κ3) is 4.37. The summed E-state index contributed by atoms with van der Waals surface area (Å²) in [4.78, 5) is 31.5. The maximum absolute atomic E-state index is 13.1. The number of nitrogens with zero attached hydrogens (tertiary/aromatic N) is 4. The summed E-state index contributed by atoms with van der Waals surface area (Å²) in [5.74, 6) is -0.398. The van der Waals surface area contributed by atoms with E-state index in [0.717, 1.165) is 11.3 Å². The first-order valence-electron chi connectivity index (χ1n) is 10.3. The Hall–Kier alpha value is -4.00. The van der Waals surface area contributed by atoms with Crippen LogP contribution in [-0.2, 0) is 6.54 Å². The van der Waals surface area contributed by atoms with Gasteiger partial charge in [-0.1, -0.05) is 35.9 Å². The van der Waals surface area contributed by atoms with Gasteiger partial charge in [0.1, 0.15) is 0 Å². The van der Waals surface area contributed by atoms with Crippen molar-refractivity contribution in [3.8, 4) is 0 Å². The first-order valence-corrected chi connectivity index (χ1v) is 10.3. The van der Waals surface area contributed by atoms with Crippen molar-refractivity contribution in [3.63, 3.8) is 0 Å². The number of fused-ring (bicyclic) bond motifs is 1. The highest BCUT2D eigenvalue weighted by Gasteiger charge is 2.17. The summed E-state index contributed by atoms with van der Waals surface area (Å²) >= 11 is 0. The predicted octanol–water partition coefficient (Wildman–Crippen LogP) is 4.05. The van der Waals surface area contributed by atoms with Gasteiger partial charge in [0.15, 0.2) is 5.65 Å². The molecule has 0 fully saturated rings. The fourth-order valence-corrected chi connectivity index (χ4v) is 3.53. The van der Waals surface area contributed by atoms with E-state index in [9.17, 15) is 9.59 Å². The zero-order valence-electron chi connectivity index (χ0n) is 18.6. The summed E-state index contributed by atoms with van der Waals surface area (Å²) in [6.45, 7) is 4.47. The van der Waals surface area contributed by atoms with E-state index in [4.69, 9.17) is 0 Å². The van der Waals surface area contributed by atoms with Crippen LogP contribution < -0.4 is 5.32 Å². The Kier molecular flexibility index (Phi) is 5.73. The molecule has 32 heavy (non-hydrogen) atoms. The molecule has 0 radical (unpaired) electrons. The number of nitrogens with one attached hydrogen (secondary N) is 1. The van der Waals surface area contributed by atoms with Crippen LogP contribution in [0.5, 0.6) is 0 Å². The number of hydrogen-bond donors (Lipinski definition) is 1. The lowest BCUT2D eigenvalue weighted by molar-refractivity contribution is 0.0827. The molecule has 0 bridgehead atoms. The van der Waals surface area contributed by atoms with Gasteiger partial charge in [-0.25, -0.2) is 9.67 Å². The fourth-order valence-electron chi connectivity index (χ4n) is 3.53. The van der Waals surface area contributed by atoms with Crippen LogP contribution in [0.2, 0.25) is 0 Å². The molecule has 0 aliphatic carbocycles. The van der Waals surface area contributed by atoms with E-state index in [1.165, 1.54) is 10.5 Å². The Morgan fingerprint density at radius 2 is 1.78 bits per heavy atom. The summed E-state index contributed by atoms with van der Waals surface area (Å²) in [6.07, 6.45) is 1.68. The molecule has 4 rings (SSSR count). The van der Waals surface area contributed by atoms with Crippen molar-refractivity contribution in [3.05, 3.63) is 88.7 Å². The van der Waals surface area contributed by atoms with Crippen LogP contribution in [0, 0.1) is 13.8 Å². The minimum atomic E-state index is -0.273. The van der Waals surface area contributed by atoms with Gasteiger partial charge in [0.05, 0.1) is 23.7 Å². The zero-order valence-corrected chi connectivity index (χ0v) is 18.6. The van der Waals surface area contributed by atoms with Crippen molar-refractivity contribution in [2.45, 2.75) is 20.4 Å². The SMILES string of the molecule is Cc1ccc(Cn2ncc3c(C(=O)Nc4cccc(C(=O)N(C)C)c4)cc(C)nc32)cc1. The van der Waals surface area contributed by atoms with Crippen LogP contribution in [0.4, 0.5) is 5.69 Å². The summed E-state index contributed by atoms with van der Waals surface area (Å²) in [5.41, 5.74) is 5.25. The second-order valence-electron chi connectivity index (χ2n) is 8.07. The molecule has 0 aliphatic heterocycles. The van der Waals surface area contributed by atoms with Gasteiger partial charge in [0, 0.05) is 31.0 Å². The smallest absolute Gasteiger partial charge is 0.256 e. The van der Waals surface area contributed by atoms with Crippen LogP contribution in [0.1, 0.15) is 37.5 Å². The third-order valence-electron chi connectivity index (χ3n) is 5.21. The molecule has 162 valence electrons. The average molecular weight is 428 g/mol. The fraction of sp³-hybridized carbons (Fsp3) is 0.200. The van der Waals surface area contributed by atoms with Crippen molar-refractivity contribution in [1.29, 1.82) is 0 Å². The first-order chi connectivity index (χ1) is 15.3. The maximum atomic E-state index is 13.1. The van der Waals surface area contributed by atoms with Crippen LogP contribution in [0.25, 0.3) is 11.0 Å². The molecule has 2 amide bonds. The van der Waals surface area contributed by atoms with E-state index in [-0.39, 0.29) is 11.8 Å². The Morgan fingerprint density at radius 1 is 1.03 bits per heavy atom. The van der Waals surface area contributed by atoms with Crippen molar-refractivity contribution >= 4 is 28.5 Å². The molecule has 0 atom stereocenters. The average Bonchev–Trinajstić information content (AvgIpc) is 3.16. The van der Waals surface area contributed by atoms with Crippen molar-refractivity contribution in [2.75, 3.05) is 19.4 Å². The standard InChI is InChI=1S/C25H25N5O2/c1-16-8-10-18(11-9-16)15-30-23-22(14-26-30)21(12-17(2)27-23)24(31)28-20-7-5-6-19(13-20)25(32)29(3)4/h5-14H,15H2,1-4H3,(H,28,31). The molecule has 0 saturated heterocycles. The summed E-state index contributed by atoms with van der Waals surface area (Å²) < 4.78 is 1.81. The van der Waals surface area contributed by atoms with Crippen molar-refractivity contribution in [2.24, 2.45) is 0 Å². The summed E-state index contributed by atoms with van der Waals surface area (Å²) in [7, 11) is 3.39. The minimum absolute atomic E-state index is 0.124. The predicted molar refractivity (Wildman–Crippen MR) is 125 cm³/mol. The van der Waals surface area contributed by atoms with E-state index < -0.39 is 0 Å². The normalized spacial score (nSPS) is 10.9. The minimum Gasteiger partial charge on any atom is -0.345 e. The molecule has 1 N–H and O–H groups in total. The number of carbonyl (C=O) groups is 2.